The Hall–Kier alpha value is -3.13. The predicted molar refractivity (Wildman–Crippen MR) is 87.7 cm³/mol. The molecule has 120 valence electrons. The van der Waals surface area contributed by atoms with Gasteiger partial charge in [0.05, 0.1) is 29.4 Å². The molecule has 1 aliphatic heterocycles. The third-order valence-corrected chi connectivity index (χ3v) is 3.89. The van der Waals surface area contributed by atoms with Crippen LogP contribution >= 0.6 is 0 Å². The van der Waals surface area contributed by atoms with Crippen LogP contribution in [-0.4, -0.2) is 29.9 Å². The van der Waals surface area contributed by atoms with Crippen molar-refractivity contribution in [2.45, 2.75) is 12.8 Å². The van der Waals surface area contributed by atoms with E-state index < -0.39 is 0 Å². The number of carbonyl (C=O) groups excluding carboxylic acids is 2. The largest absolute Gasteiger partial charge is 0.494 e. The van der Waals surface area contributed by atoms with Gasteiger partial charge < -0.3 is 4.74 Å². The van der Waals surface area contributed by atoms with Crippen molar-refractivity contribution < 1.29 is 14.3 Å². The highest BCUT2D eigenvalue weighted by Gasteiger charge is 2.34. The lowest BCUT2D eigenvalue weighted by atomic mass is 10.1. The maximum atomic E-state index is 12.2. The molecule has 1 heterocycles. The number of hydrogen-bond donors (Lipinski definition) is 0. The Labute approximate surface area is 140 Å². The third kappa shape index (κ3) is 3.13. The first-order valence-corrected chi connectivity index (χ1v) is 7.79. The summed E-state index contributed by atoms with van der Waals surface area (Å²) in [6, 6.07) is 15.9. The van der Waals surface area contributed by atoms with E-state index in [2.05, 4.69) is 6.07 Å². The fourth-order valence-electron chi connectivity index (χ4n) is 2.66. The van der Waals surface area contributed by atoms with Crippen LogP contribution in [0.2, 0.25) is 0 Å². The third-order valence-electron chi connectivity index (χ3n) is 3.89. The smallest absolute Gasteiger partial charge is 0.261 e. The van der Waals surface area contributed by atoms with Gasteiger partial charge in [-0.3, -0.25) is 14.5 Å². The Bertz CT molecular complexity index is 788. The summed E-state index contributed by atoms with van der Waals surface area (Å²) >= 11 is 0. The van der Waals surface area contributed by atoms with Crippen LogP contribution in [0.4, 0.5) is 0 Å². The Morgan fingerprint density at radius 2 is 1.67 bits per heavy atom. The number of nitrogens with zero attached hydrogens (tertiary/aromatic N) is 2. The van der Waals surface area contributed by atoms with Gasteiger partial charge in [0.1, 0.15) is 5.75 Å². The van der Waals surface area contributed by atoms with E-state index in [1.807, 2.05) is 0 Å². The second-order valence-corrected chi connectivity index (χ2v) is 5.50. The molecule has 5 heteroatoms. The average molecular weight is 320 g/mol. The molecule has 5 nitrogen and oxygen atoms in total. The summed E-state index contributed by atoms with van der Waals surface area (Å²) in [5, 5.41) is 8.84. The standard InChI is InChI=1S/C19H16N2O3/c20-13-14-6-5-7-15(12-14)24-11-4-3-10-21-18(22)16-8-1-2-9-17(16)19(21)23/h1-2,5-9,12H,3-4,10-11H2. The molecule has 0 N–H and O–H groups in total. The molecule has 3 rings (SSSR count). The maximum Gasteiger partial charge on any atom is 0.261 e. The van der Waals surface area contributed by atoms with Crippen LogP contribution in [0, 0.1) is 11.3 Å². The Kier molecular flexibility index (Phi) is 4.57. The molecule has 0 saturated carbocycles. The summed E-state index contributed by atoms with van der Waals surface area (Å²) < 4.78 is 5.59. The van der Waals surface area contributed by atoms with E-state index in [0.717, 1.165) is 0 Å². The summed E-state index contributed by atoms with van der Waals surface area (Å²) in [4.78, 5) is 25.7. The number of imide groups is 1. The molecule has 0 saturated heterocycles. The van der Waals surface area contributed by atoms with Crippen LogP contribution in [-0.2, 0) is 0 Å². The zero-order chi connectivity index (χ0) is 16.9. The minimum atomic E-state index is -0.224. The number of nitriles is 1. The van der Waals surface area contributed by atoms with Crippen LogP contribution < -0.4 is 4.74 Å². The molecule has 0 aromatic heterocycles. The SMILES string of the molecule is N#Cc1cccc(OCCCCN2C(=O)c3ccccc3C2=O)c1. The van der Waals surface area contributed by atoms with Crippen LogP contribution in [0.15, 0.2) is 48.5 Å². The molecule has 2 aromatic carbocycles. The van der Waals surface area contributed by atoms with Crippen molar-refractivity contribution in [3.8, 4) is 11.8 Å². The first-order valence-electron chi connectivity index (χ1n) is 7.79. The van der Waals surface area contributed by atoms with Gasteiger partial charge in [0.15, 0.2) is 0 Å². The summed E-state index contributed by atoms with van der Waals surface area (Å²) in [7, 11) is 0. The molecule has 24 heavy (non-hydrogen) atoms. The Morgan fingerprint density at radius 1 is 0.958 bits per heavy atom. The monoisotopic (exact) mass is 320 g/mol. The summed E-state index contributed by atoms with van der Waals surface area (Å²) in [6.07, 6.45) is 1.38. The topological polar surface area (TPSA) is 70.4 Å². The minimum Gasteiger partial charge on any atom is -0.494 e. The molecule has 0 bridgehead atoms. The molecule has 2 amide bonds. The van der Waals surface area contributed by atoms with Crippen molar-refractivity contribution >= 4 is 11.8 Å². The van der Waals surface area contributed by atoms with Gasteiger partial charge in [0, 0.05) is 6.54 Å². The molecule has 1 aliphatic rings. The zero-order valence-electron chi connectivity index (χ0n) is 13.1. The first-order chi connectivity index (χ1) is 11.7. The number of fused-ring (bicyclic) bond motifs is 1. The van der Waals surface area contributed by atoms with Crippen molar-refractivity contribution in [1.29, 1.82) is 5.26 Å². The lowest BCUT2D eigenvalue weighted by molar-refractivity contribution is 0.0649. The van der Waals surface area contributed by atoms with Crippen molar-refractivity contribution in [3.05, 3.63) is 65.2 Å². The van der Waals surface area contributed by atoms with Crippen molar-refractivity contribution in [2.24, 2.45) is 0 Å². The van der Waals surface area contributed by atoms with Crippen molar-refractivity contribution in [2.75, 3.05) is 13.2 Å². The summed E-state index contributed by atoms with van der Waals surface area (Å²) in [5.41, 5.74) is 1.51. The molecular weight excluding hydrogens is 304 g/mol. The molecule has 0 aliphatic carbocycles. The number of unbranched alkanes of at least 4 members (excludes halogenated alkanes) is 1. The van der Waals surface area contributed by atoms with Gasteiger partial charge >= 0.3 is 0 Å². The minimum absolute atomic E-state index is 0.224. The highest BCUT2D eigenvalue weighted by Crippen LogP contribution is 2.22. The number of rotatable bonds is 6. The first kappa shape index (κ1) is 15.8. The number of ether oxygens (including phenoxy) is 1. The van der Waals surface area contributed by atoms with Gasteiger partial charge in [-0.1, -0.05) is 18.2 Å². The zero-order valence-corrected chi connectivity index (χ0v) is 13.1. The molecule has 0 spiro atoms. The quantitative estimate of drug-likeness (QED) is 0.606. The highest BCUT2D eigenvalue weighted by atomic mass is 16.5. The Morgan fingerprint density at radius 3 is 2.33 bits per heavy atom. The van der Waals surface area contributed by atoms with Crippen LogP contribution in [0.5, 0.6) is 5.75 Å². The lowest BCUT2D eigenvalue weighted by Gasteiger charge is -2.13. The van der Waals surface area contributed by atoms with E-state index in [0.29, 0.717) is 48.4 Å². The van der Waals surface area contributed by atoms with Gasteiger partial charge in [0.2, 0.25) is 0 Å². The van der Waals surface area contributed by atoms with Gasteiger partial charge in [-0.05, 0) is 43.2 Å². The highest BCUT2D eigenvalue weighted by molar-refractivity contribution is 6.21. The molecule has 0 radical (unpaired) electrons. The molecule has 0 unspecified atom stereocenters. The average Bonchev–Trinajstić information content (AvgIpc) is 2.86. The van der Waals surface area contributed by atoms with E-state index in [4.69, 9.17) is 10.00 Å². The number of hydrogen-bond acceptors (Lipinski definition) is 4. The van der Waals surface area contributed by atoms with Crippen LogP contribution in [0.1, 0.15) is 39.1 Å². The normalized spacial score (nSPS) is 12.9. The van der Waals surface area contributed by atoms with E-state index in [1.165, 1.54) is 4.90 Å². The van der Waals surface area contributed by atoms with E-state index in [-0.39, 0.29) is 11.8 Å². The van der Waals surface area contributed by atoms with Crippen molar-refractivity contribution in [1.82, 2.24) is 4.90 Å². The second kappa shape index (κ2) is 6.97. The fraction of sp³-hybridized carbons (Fsp3) is 0.211. The second-order valence-electron chi connectivity index (χ2n) is 5.50. The number of amides is 2. The van der Waals surface area contributed by atoms with Crippen LogP contribution in [0.3, 0.4) is 0 Å². The van der Waals surface area contributed by atoms with E-state index in [9.17, 15) is 9.59 Å². The number of carbonyl (C=O) groups is 2. The van der Waals surface area contributed by atoms with Gasteiger partial charge in [-0.25, -0.2) is 0 Å². The van der Waals surface area contributed by atoms with E-state index >= 15 is 0 Å². The Balaban J connectivity index is 1.47. The predicted octanol–water partition coefficient (Wildman–Crippen LogP) is 3.01. The summed E-state index contributed by atoms with van der Waals surface area (Å²) in [6.45, 7) is 0.853. The fourth-order valence-corrected chi connectivity index (χ4v) is 2.66. The van der Waals surface area contributed by atoms with Gasteiger partial charge in [-0.15, -0.1) is 0 Å². The van der Waals surface area contributed by atoms with Crippen molar-refractivity contribution in [3.63, 3.8) is 0 Å². The number of benzene rings is 2. The molecule has 0 atom stereocenters. The van der Waals surface area contributed by atoms with Crippen LogP contribution in [0.25, 0.3) is 0 Å². The molecular formula is C19H16N2O3. The molecule has 0 fully saturated rings. The van der Waals surface area contributed by atoms with Gasteiger partial charge in [0.25, 0.3) is 11.8 Å². The van der Waals surface area contributed by atoms with Gasteiger partial charge in [-0.2, -0.15) is 5.26 Å². The maximum absolute atomic E-state index is 12.2. The van der Waals surface area contributed by atoms with E-state index in [1.54, 1.807) is 48.5 Å². The summed E-state index contributed by atoms with van der Waals surface area (Å²) in [5.74, 6) is 0.200. The lowest BCUT2D eigenvalue weighted by Crippen LogP contribution is -2.30. The molecule has 2 aromatic rings.